The van der Waals surface area contributed by atoms with Crippen LogP contribution in [0.15, 0.2) is 28.7 Å². The minimum absolute atomic E-state index is 0.0800. The highest BCUT2D eigenvalue weighted by atomic mass is 79.9. The normalized spacial score (nSPS) is 17.7. The first kappa shape index (κ1) is 13.6. The lowest BCUT2D eigenvalue weighted by Crippen LogP contribution is -2.27. The van der Waals surface area contributed by atoms with Crippen molar-refractivity contribution in [3.8, 4) is 0 Å². The molecule has 1 aromatic carbocycles. The molecule has 0 aliphatic heterocycles. The molecule has 0 heterocycles. The Morgan fingerprint density at radius 2 is 2.17 bits per heavy atom. The average molecular weight is 310 g/mol. The van der Waals surface area contributed by atoms with Gasteiger partial charge in [0, 0.05) is 10.9 Å². The molecule has 0 saturated heterocycles. The largest absolute Gasteiger partial charge is 0.350 e. The molecule has 0 bridgehead atoms. The lowest BCUT2D eigenvalue weighted by atomic mass is 10.0. The van der Waals surface area contributed by atoms with Gasteiger partial charge in [-0.15, -0.1) is 0 Å². The van der Waals surface area contributed by atoms with E-state index in [2.05, 4.69) is 27.3 Å². The van der Waals surface area contributed by atoms with Crippen molar-refractivity contribution in [1.29, 1.82) is 0 Å². The zero-order chi connectivity index (χ0) is 13.0. The zero-order valence-corrected chi connectivity index (χ0v) is 12.4. The van der Waals surface area contributed by atoms with Crippen LogP contribution in [0.1, 0.15) is 50.6 Å². The number of nitrogens with one attached hydrogen (secondary N) is 1. The van der Waals surface area contributed by atoms with Crippen molar-refractivity contribution in [3.63, 3.8) is 0 Å². The molecule has 0 radical (unpaired) electrons. The van der Waals surface area contributed by atoms with Crippen molar-refractivity contribution >= 4 is 21.8 Å². The minimum Gasteiger partial charge on any atom is -0.350 e. The molecule has 98 valence electrons. The van der Waals surface area contributed by atoms with Gasteiger partial charge in [0.05, 0.1) is 6.04 Å². The fraction of sp³-hybridized carbons (Fsp3) is 0.533. The Morgan fingerprint density at radius 1 is 1.44 bits per heavy atom. The molecule has 2 rings (SSSR count). The van der Waals surface area contributed by atoms with E-state index in [4.69, 9.17) is 0 Å². The second-order valence-corrected chi connectivity index (χ2v) is 6.11. The van der Waals surface area contributed by atoms with Gasteiger partial charge in [0.15, 0.2) is 0 Å². The van der Waals surface area contributed by atoms with Crippen molar-refractivity contribution in [2.75, 3.05) is 0 Å². The summed E-state index contributed by atoms with van der Waals surface area (Å²) >= 11 is 3.45. The molecule has 1 unspecified atom stereocenters. The number of amides is 1. The summed E-state index contributed by atoms with van der Waals surface area (Å²) in [6.45, 7) is 2.04. The van der Waals surface area contributed by atoms with Gasteiger partial charge in [-0.2, -0.15) is 0 Å². The Kier molecular flexibility index (Phi) is 4.81. The number of hydrogen-bond donors (Lipinski definition) is 1. The maximum absolute atomic E-state index is 11.9. The van der Waals surface area contributed by atoms with Gasteiger partial charge in [0.25, 0.3) is 0 Å². The molecular weight excluding hydrogens is 290 g/mol. The van der Waals surface area contributed by atoms with Crippen LogP contribution < -0.4 is 5.32 Å². The van der Waals surface area contributed by atoms with Crippen LogP contribution in [0.5, 0.6) is 0 Å². The van der Waals surface area contributed by atoms with E-state index in [1.807, 2.05) is 25.1 Å². The second-order valence-electron chi connectivity index (χ2n) is 5.20. The van der Waals surface area contributed by atoms with Gasteiger partial charge in [-0.05, 0) is 43.4 Å². The van der Waals surface area contributed by atoms with Gasteiger partial charge in [0.2, 0.25) is 5.91 Å². The van der Waals surface area contributed by atoms with E-state index in [1.54, 1.807) is 0 Å². The fourth-order valence-corrected chi connectivity index (χ4v) is 3.05. The number of rotatable bonds is 4. The molecule has 2 nitrogen and oxygen atoms in total. The van der Waals surface area contributed by atoms with Crippen LogP contribution in [0.4, 0.5) is 0 Å². The lowest BCUT2D eigenvalue weighted by Gasteiger charge is -2.16. The van der Waals surface area contributed by atoms with E-state index in [-0.39, 0.29) is 11.9 Å². The fourth-order valence-electron chi connectivity index (χ4n) is 2.64. The maximum atomic E-state index is 11.9. The highest BCUT2D eigenvalue weighted by Gasteiger charge is 2.19. The first-order valence-corrected chi connectivity index (χ1v) is 7.49. The van der Waals surface area contributed by atoms with Crippen LogP contribution in [0, 0.1) is 5.92 Å². The van der Waals surface area contributed by atoms with Crippen LogP contribution in [-0.4, -0.2) is 5.91 Å². The quantitative estimate of drug-likeness (QED) is 0.887. The summed E-state index contributed by atoms with van der Waals surface area (Å²) in [6.07, 6.45) is 5.72. The Labute approximate surface area is 117 Å². The number of carbonyl (C=O) groups is 1. The van der Waals surface area contributed by atoms with Gasteiger partial charge in [-0.25, -0.2) is 0 Å². The monoisotopic (exact) mass is 309 g/mol. The molecule has 1 fully saturated rings. The highest BCUT2D eigenvalue weighted by molar-refractivity contribution is 9.10. The predicted molar refractivity (Wildman–Crippen MR) is 77.3 cm³/mol. The van der Waals surface area contributed by atoms with Gasteiger partial charge in [-0.3, -0.25) is 4.79 Å². The first-order valence-electron chi connectivity index (χ1n) is 6.70. The SMILES string of the molecule is CC(NC(=O)CC1CCCC1)c1cccc(Br)c1. The molecule has 0 spiro atoms. The van der Waals surface area contributed by atoms with Crippen molar-refractivity contribution in [3.05, 3.63) is 34.3 Å². The summed E-state index contributed by atoms with van der Waals surface area (Å²) in [4.78, 5) is 11.9. The number of benzene rings is 1. The van der Waals surface area contributed by atoms with Gasteiger partial charge in [-0.1, -0.05) is 40.9 Å². The van der Waals surface area contributed by atoms with E-state index >= 15 is 0 Å². The smallest absolute Gasteiger partial charge is 0.220 e. The molecule has 3 heteroatoms. The van der Waals surface area contributed by atoms with Gasteiger partial charge in [0.1, 0.15) is 0 Å². The van der Waals surface area contributed by atoms with E-state index < -0.39 is 0 Å². The zero-order valence-electron chi connectivity index (χ0n) is 10.8. The molecular formula is C15H20BrNO. The van der Waals surface area contributed by atoms with Crippen LogP contribution in [0.3, 0.4) is 0 Å². The summed E-state index contributed by atoms with van der Waals surface area (Å²) in [6, 6.07) is 8.18. The van der Waals surface area contributed by atoms with Crippen LogP contribution in [0.25, 0.3) is 0 Å². The maximum Gasteiger partial charge on any atom is 0.220 e. The molecule has 1 N–H and O–H groups in total. The standard InChI is InChI=1S/C15H20BrNO/c1-11(13-7-4-8-14(16)10-13)17-15(18)9-12-5-2-3-6-12/h4,7-8,10-12H,2-3,5-6,9H2,1H3,(H,17,18). The van der Waals surface area contributed by atoms with Crippen LogP contribution >= 0.6 is 15.9 Å². The topological polar surface area (TPSA) is 29.1 Å². The molecule has 1 aromatic rings. The lowest BCUT2D eigenvalue weighted by molar-refractivity contribution is -0.122. The summed E-state index contributed by atoms with van der Waals surface area (Å²) in [5.74, 6) is 0.800. The van der Waals surface area contributed by atoms with E-state index in [9.17, 15) is 4.79 Å². The van der Waals surface area contributed by atoms with Gasteiger partial charge >= 0.3 is 0 Å². The third-order valence-corrected chi connectivity index (χ3v) is 4.17. The Morgan fingerprint density at radius 3 is 2.83 bits per heavy atom. The average Bonchev–Trinajstić information content (AvgIpc) is 2.81. The summed E-state index contributed by atoms with van der Waals surface area (Å²) in [5.41, 5.74) is 1.14. The second kappa shape index (κ2) is 6.37. The number of hydrogen-bond acceptors (Lipinski definition) is 1. The van der Waals surface area contributed by atoms with Crippen molar-refractivity contribution in [2.24, 2.45) is 5.92 Å². The highest BCUT2D eigenvalue weighted by Crippen LogP contribution is 2.27. The molecule has 1 saturated carbocycles. The third kappa shape index (κ3) is 3.84. The Hall–Kier alpha value is -0.830. The third-order valence-electron chi connectivity index (χ3n) is 3.67. The van der Waals surface area contributed by atoms with E-state index in [0.29, 0.717) is 12.3 Å². The molecule has 18 heavy (non-hydrogen) atoms. The number of carbonyl (C=O) groups excluding carboxylic acids is 1. The summed E-state index contributed by atoms with van der Waals surface area (Å²) in [7, 11) is 0. The molecule has 1 aliphatic carbocycles. The van der Waals surface area contributed by atoms with E-state index in [1.165, 1.54) is 25.7 Å². The summed E-state index contributed by atoms with van der Waals surface area (Å²) < 4.78 is 1.05. The van der Waals surface area contributed by atoms with Crippen molar-refractivity contribution < 1.29 is 4.79 Å². The minimum atomic E-state index is 0.0800. The Balaban J connectivity index is 1.86. The molecule has 1 atom stereocenters. The van der Waals surface area contributed by atoms with Crippen LogP contribution in [-0.2, 0) is 4.79 Å². The molecule has 1 aliphatic rings. The van der Waals surface area contributed by atoms with Crippen molar-refractivity contribution in [1.82, 2.24) is 5.32 Å². The molecule has 1 amide bonds. The number of halogens is 1. The first-order chi connectivity index (χ1) is 8.65. The van der Waals surface area contributed by atoms with Crippen molar-refractivity contribution in [2.45, 2.75) is 45.1 Å². The van der Waals surface area contributed by atoms with Gasteiger partial charge < -0.3 is 5.32 Å². The molecule has 0 aromatic heterocycles. The Bertz CT molecular complexity index is 413. The van der Waals surface area contributed by atoms with E-state index in [0.717, 1.165) is 10.0 Å². The van der Waals surface area contributed by atoms with Crippen LogP contribution in [0.2, 0.25) is 0 Å². The predicted octanol–water partition coefficient (Wildman–Crippen LogP) is 4.21. The summed E-state index contributed by atoms with van der Waals surface area (Å²) in [5, 5.41) is 3.09.